The number of nitrogens with one attached hydrogen (secondary N) is 1. The fourth-order valence-corrected chi connectivity index (χ4v) is 1.91. The maximum Gasteiger partial charge on any atom is 0.324 e. The minimum absolute atomic E-state index is 0.113. The maximum absolute atomic E-state index is 12.1. The van der Waals surface area contributed by atoms with E-state index in [9.17, 15) is 9.59 Å². The van der Waals surface area contributed by atoms with E-state index in [4.69, 9.17) is 0 Å². The van der Waals surface area contributed by atoms with Gasteiger partial charge in [0.05, 0.1) is 6.54 Å². The number of rotatable bonds is 2. The molecule has 2 rings (SSSR count). The van der Waals surface area contributed by atoms with Gasteiger partial charge in [0.25, 0.3) is 0 Å². The SMILES string of the molecule is CC(C)(C)C1CC(=O)N(Cc2ncccn2)C(=O)N1. The quantitative estimate of drug-likeness (QED) is 0.872. The molecule has 1 aliphatic heterocycles. The van der Waals surface area contributed by atoms with Crippen LogP contribution in [0, 0.1) is 5.41 Å². The third kappa shape index (κ3) is 3.07. The van der Waals surface area contributed by atoms with E-state index in [1.54, 1.807) is 18.5 Å². The van der Waals surface area contributed by atoms with Gasteiger partial charge in [-0.15, -0.1) is 0 Å². The predicted molar refractivity (Wildman–Crippen MR) is 69.0 cm³/mol. The van der Waals surface area contributed by atoms with Crippen molar-refractivity contribution in [3.63, 3.8) is 0 Å². The summed E-state index contributed by atoms with van der Waals surface area (Å²) in [7, 11) is 0. The van der Waals surface area contributed by atoms with Crippen molar-refractivity contribution in [2.45, 2.75) is 39.8 Å². The summed E-state index contributed by atoms with van der Waals surface area (Å²) < 4.78 is 0. The summed E-state index contributed by atoms with van der Waals surface area (Å²) in [5.74, 6) is 0.274. The van der Waals surface area contributed by atoms with Gasteiger partial charge in [-0.05, 0) is 11.5 Å². The molecule has 19 heavy (non-hydrogen) atoms. The fraction of sp³-hybridized carbons (Fsp3) is 0.538. The van der Waals surface area contributed by atoms with E-state index in [2.05, 4.69) is 15.3 Å². The van der Waals surface area contributed by atoms with Crippen molar-refractivity contribution in [2.75, 3.05) is 0 Å². The van der Waals surface area contributed by atoms with Crippen LogP contribution in [0.25, 0.3) is 0 Å². The van der Waals surface area contributed by atoms with Crippen LogP contribution in [0.4, 0.5) is 4.79 Å². The zero-order valence-electron chi connectivity index (χ0n) is 11.4. The summed E-state index contributed by atoms with van der Waals surface area (Å²) >= 11 is 0. The molecule has 1 aromatic heterocycles. The molecule has 0 aromatic carbocycles. The average Bonchev–Trinajstić information content (AvgIpc) is 2.33. The number of carbonyl (C=O) groups is 2. The summed E-state index contributed by atoms with van der Waals surface area (Å²) in [6.45, 7) is 6.12. The van der Waals surface area contributed by atoms with Gasteiger partial charge in [0, 0.05) is 24.9 Å². The van der Waals surface area contributed by atoms with Crippen LogP contribution >= 0.6 is 0 Å². The van der Waals surface area contributed by atoms with E-state index in [-0.39, 0.29) is 29.9 Å². The Morgan fingerprint density at radius 2 is 1.95 bits per heavy atom. The van der Waals surface area contributed by atoms with Crippen molar-refractivity contribution in [2.24, 2.45) is 5.41 Å². The van der Waals surface area contributed by atoms with E-state index < -0.39 is 0 Å². The Kier molecular flexibility index (Phi) is 3.50. The van der Waals surface area contributed by atoms with Gasteiger partial charge in [-0.2, -0.15) is 0 Å². The number of aromatic nitrogens is 2. The molecule has 0 bridgehead atoms. The van der Waals surface area contributed by atoms with Crippen LogP contribution in [0.3, 0.4) is 0 Å². The monoisotopic (exact) mass is 262 g/mol. The summed E-state index contributed by atoms with van der Waals surface area (Å²) in [4.78, 5) is 33.3. The number of urea groups is 1. The van der Waals surface area contributed by atoms with E-state index in [1.165, 1.54) is 0 Å². The molecule has 1 aliphatic rings. The molecular weight excluding hydrogens is 244 g/mol. The Bertz CT molecular complexity index is 463. The number of hydrogen-bond donors (Lipinski definition) is 1. The highest BCUT2D eigenvalue weighted by Crippen LogP contribution is 2.25. The third-order valence-electron chi connectivity index (χ3n) is 3.19. The zero-order chi connectivity index (χ0) is 14.0. The molecule has 3 amide bonds. The summed E-state index contributed by atoms with van der Waals surface area (Å²) in [6.07, 6.45) is 3.49. The van der Waals surface area contributed by atoms with Gasteiger partial charge in [-0.3, -0.25) is 9.69 Å². The number of hydrogen-bond acceptors (Lipinski definition) is 4. The normalized spacial score (nSPS) is 20.4. The van der Waals surface area contributed by atoms with Crippen molar-refractivity contribution >= 4 is 11.9 Å². The number of nitrogens with zero attached hydrogens (tertiary/aromatic N) is 3. The van der Waals surface area contributed by atoms with Crippen LogP contribution in [-0.2, 0) is 11.3 Å². The molecule has 102 valence electrons. The molecule has 1 N–H and O–H groups in total. The molecule has 1 saturated heterocycles. The second-order valence-corrected chi connectivity index (χ2v) is 5.72. The van der Waals surface area contributed by atoms with Crippen LogP contribution in [0.2, 0.25) is 0 Å². The summed E-state index contributed by atoms with van der Waals surface area (Å²) in [6, 6.07) is 1.18. The van der Waals surface area contributed by atoms with Crippen molar-refractivity contribution < 1.29 is 9.59 Å². The van der Waals surface area contributed by atoms with Gasteiger partial charge < -0.3 is 5.32 Å². The molecule has 1 unspecified atom stereocenters. The lowest BCUT2D eigenvalue weighted by Crippen LogP contribution is -2.58. The summed E-state index contributed by atoms with van der Waals surface area (Å²) in [5, 5.41) is 2.87. The molecular formula is C13H18N4O2. The Morgan fingerprint density at radius 3 is 2.47 bits per heavy atom. The van der Waals surface area contributed by atoms with Crippen LogP contribution in [-0.4, -0.2) is 32.8 Å². The van der Waals surface area contributed by atoms with Gasteiger partial charge in [-0.1, -0.05) is 20.8 Å². The topological polar surface area (TPSA) is 75.2 Å². The Hall–Kier alpha value is -1.98. The Balaban J connectivity index is 2.09. The fourth-order valence-electron chi connectivity index (χ4n) is 1.91. The minimum atomic E-state index is -0.372. The molecule has 2 heterocycles. The maximum atomic E-state index is 12.1. The molecule has 1 atom stereocenters. The first kappa shape index (κ1) is 13.5. The van der Waals surface area contributed by atoms with Crippen LogP contribution in [0.1, 0.15) is 33.0 Å². The average molecular weight is 262 g/mol. The van der Waals surface area contributed by atoms with E-state index in [0.717, 1.165) is 4.90 Å². The first-order valence-electron chi connectivity index (χ1n) is 6.24. The largest absolute Gasteiger partial charge is 0.334 e. The highest BCUT2D eigenvalue weighted by Gasteiger charge is 2.37. The lowest BCUT2D eigenvalue weighted by atomic mass is 9.83. The Labute approximate surface area is 112 Å². The molecule has 0 spiro atoms. The lowest BCUT2D eigenvalue weighted by molar-refractivity contribution is -0.131. The van der Waals surface area contributed by atoms with Crippen molar-refractivity contribution in [3.8, 4) is 0 Å². The standard InChI is InChI=1S/C13H18N4O2/c1-13(2,3)9-7-11(18)17(12(19)16-9)8-10-14-5-4-6-15-10/h4-6,9H,7-8H2,1-3H3,(H,16,19). The second kappa shape index (κ2) is 4.95. The summed E-state index contributed by atoms with van der Waals surface area (Å²) in [5.41, 5.74) is -0.138. The van der Waals surface area contributed by atoms with Gasteiger partial charge in [0.15, 0.2) is 0 Å². The van der Waals surface area contributed by atoms with Gasteiger partial charge in [-0.25, -0.2) is 14.8 Å². The first-order chi connectivity index (χ1) is 8.88. The molecule has 1 fully saturated rings. The van der Waals surface area contributed by atoms with Crippen molar-refractivity contribution in [3.05, 3.63) is 24.3 Å². The molecule has 1 aromatic rings. The van der Waals surface area contributed by atoms with E-state index in [0.29, 0.717) is 12.2 Å². The van der Waals surface area contributed by atoms with Crippen molar-refractivity contribution in [1.29, 1.82) is 0 Å². The van der Waals surface area contributed by atoms with E-state index >= 15 is 0 Å². The molecule has 6 heteroatoms. The molecule has 6 nitrogen and oxygen atoms in total. The number of carbonyl (C=O) groups excluding carboxylic acids is 2. The lowest BCUT2D eigenvalue weighted by Gasteiger charge is -2.37. The highest BCUT2D eigenvalue weighted by atomic mass is 16.2. The molecule has 0 saturated carbocycles. The van der Waals surface area contributed by atoms with Gasteiger partial charge in [0.1, 0.15) is 5.82 Å². The van der Waals surface area contributed by atoms with E-state index in [1.807, 2.05) is 20.8 Å². The molecule has 0 aliphatic carbocycles. The zero-order valence-corrected chi connectivity index (χ0v) is 11.4. The second-order valence-electron chi connectivity index (χ2n) is 5.72. The minimum Gasteiger partial charge on any atom is -0.334 e. The Morgan fingerprint density at radius 1 is 1.32 bits per heavy atom. The van der Waals surface area contributed by atoms with Crippen LogP contribution < -0.4 is 5.32 Å². The van der Waals surface area contributed by atoms with Crippen LogP contribution in [0.5, 0.6) is 0 Å². The van der Waals surface area contributed by atoms with Gasteiger partial charge >= 0.3 is 6.03 Å². The number of amides is 3. The third-order valence-corrected chi connectivity index (χ3v) is 3.19. The van der Waals surface area contributed by atoms with Gasteiger partial charge in [0.2, 0.25) is 5.91 Å². The highest BCUT2D eigenvalue weighted by molar-refractivity contribution is 5.97. The molecule has 0 radical (unpaired) electrons. The predicted octanol–water partition coefficient (Wildman–Crippen LogP) is 1.33. The van der Waals surface area contributed by atoms with Crippen molar-refractivity contribution in [1.82, 2.24) is 20.2 Å². The number of imide groups is 1. The van der Waals surface area contributed by atoms with Crippen LogP contribution in [0.15, 0.2) is 18.5 Å². The smallest absolute Gasteiger partial charge is 0.324 e. The first-order valence-corrected chi connectivity index (χ1v) is 6.24.